The lowest BCUT2D eigenvalue weighted by atomic mass is 9.88. The summed E-state index contributed by atoms with van der Waals surface area (Å²) in [7, 11) is 3.19. The topological polar surface area (TPSA) is 71.3 Å². The molecule has 2 aromatic rings. The molecule has 0 unspecified atom stereocenters. The Hall–Kier alpha value is -2.52. The Morgan fingerprint density at radius 1 is 1.33 bits per heavy atom. The zero-order valence-electron chi connectivity index (χ0n) is 15.9. The maximum absolute atomic E-state index is 12.4. The first-order chi connectivity index (χ1) is 13.0. The number of amides is 1. The Labute approximate surface area is 163 Å². The van der Waals surface area contributed by atoms with E-state index in [4.69, 9.17) is 9.47 Å². The largest absolute Gasteiger partial charge is 0.493 e. The smallest absolute Gasteiger partial charge is 0.225 e. The molecule has 1 N–H and O–H groups in total. The molecule has 1 aromatic carbocycles. The lowest BCUT2D eigenvalue weighted by molar-refractivity contribution is -0.116. The van der Waals surface area contributed by atoms with Crippen molar-refractivity contribution in [1.29, 1.82) is 5.26 Å². The van der Waals surface area contributed by atoms with Crippen LogP contribution in [-0.4, -0.2) is 20.1 Å². The number of aryl methyl sites for hydroxylation is 1. The highest BCUT2D eigenvalue weighted by atomic mass is 32.1. The molecule has 27 heavy (non-hydrogen) atoms. The molecule has 1 aliphatic rings. The zero-order valence-corrected chi connectivity index (χ0v) is 16.7. The van der Waals surface area contributed by atoms with Crippen molar-refractivity contribution in [2.24, 2.45) is 5.92 Å². The number of rotatable bonds is 6. The van der Waals surface area contributed by atoms with Gasteiger partial charge < -0.3 is 14.8 Å². The predicted octanol–water partition coefficient (Wildman–Crippen LogP) is 4.33. The number of fused-ring (bicyclic) bond motifs is 1. The normalized spacial score (nSPS) is 15.6. The molecule has 0 spiro atoms. The van der Waals surface area contributed by atoms with Crippen molar-refractivity contribution in [3.63, 3.8) is 0 Å². The number of thiophene rings is 1. The van der Waals surface area contributed by atoms with Gasteiger partial charge in [0.1, 0.15) is 11.1 Å². The fraction of sp³-hybridized carbons (Fsp3) is 0.429. The van der Waals surface area contributed by atoms with E-state index in [0.29, 0.717) is 40.8 Å². The van der Waals surface area contributed by atoms with E-state index in [1.165, 1.54) is 4.88 Å². The van der Waals surface area contributed by atoms with E-state index >= 15 is 0 Å². The van der Waals surface area contributed by atoms with Crippen LogP contribution in [0, 0.1) is 17.2 Å². The highest BCUT2D eigenvalue weighted by molar-refractivity contribution is 7.16. The SMILES string of the molecule is COc1ccc(CCC(=O)Nc2sc3c(c2C#N)CC[C@@H](C)C3)cc1OC. The number of carbonyl (C=O) groups is 1. The standard InChI is InChI=1S/C21H24N2O3S/c1-13-4-7-15-16(12-22)21(27-19(15)10-13)23-20(24)9-6-14-5-8-17(25-2)18(11-14)26-3/h5,8,11,13H,4,6-7,9-10H2,1-3H3,(H,23,24)/t13-/m1/s1. The summed E-state index contributed by atoms with van der Waals surface area (Å²) < 4.78 is 10.5. The number of hydrogen-bond donors (Lipinski definition) is 1. The first kappa shape index (κ1) is 19.2. The first-order valence-corrected chi connectivity index (χ1v) is 9.92. The van der Waals surface area contributed by atoms with Gasteiger partial charge >= 0.3 is 0 Å². The van der Waals surface area contributed by atoms with Gasteiger partial charge in [-0.05, 0) is 54.9 Å². The number of nitrogens with zero attached hydrogens (tertiary/aromatic N) is 1. The molecule has 1 aliphatic carbocycles. The van der Waals surface area contributed by atoms with Crippen molar-refractivity contribution in [3.8, 4) is 17.6 Å². The highest BCUT2D eigenvalue weighted by Crippen LogP contribution is 2.39. The van der Waals surface area contributed by atoms with Crippen LogP contribution in [-0.2, 0) is 24.1 Å². The van der Waals surface area contributed by atoms with Crippen LogP contribution in [0.5, 0.6) is 11.5 Å². The molecule has 1 aromatic heterocycles. The van der Waals surface area contributed by atoms with Crippen LogP contribution in [0.2, 0.25) is 0 Å². The molecule has 0 fully saturated rings. The second-order valence-electron chi connectivity index (χ2n) is 6.91. The van der Waals surface area contributed by atoms with Gasteiger partial charge in [0.15, 0.2) is 11.5 Å². The van der Waals surface area contributed by atoms with E-state index in [2.05, 4.69) is 18.3 Å². The summed E-state index contributed by atoms with van der Waals surface area (Å²) in [5, 5.41) is 13.2. The molecule has 0 bridgehead atoms. The lowest BCUT2D eigenvalue weighted by Gasteiger charge is -2.17. The van der Waals surface area contributed by atoms with Gasteiger partial charge in [0.05, 0.1) is 19.8 Å². The fourth-order valence-electron chi connectivity index (χ4n) is 3.44. The predicted molar refractivity (Wildman–Crippen MR) is 107 cm³/mol. The summed E-state index contributed by atoms with van der Waals surface area (Å²) >= 11 is 1.56. The number of ether oxygens (including phenoxy) is 2. The van der Waals surface area contributed by atoms with E-state index in [9.17, 15) is 10.1 Å². The van der Waals surface area contributed by atoms with Crippen molar-refractivity contribution in [2.45, 2.75) is 39.0 Å². The average molecular weight is 385 g/mol. The van der Waals surface area contributed by atoms with Crippen molar-refractivity contribution in [3.05, 3.63) is 39.8 Å². The van der Waals surface area contributed by atoms with Crippen LogP contribution in [0.4, 0.5) is 5.00 Å². The summed E-state index contributed by atoms with van der Waals surface area (Å²) in [6.45, 7) is 2.23. The molecule has 0 radical (unpaired) electrons. The Morgan fingerprint density at radius 2 is 2.11 bits per heavy atom. The molecule has 6 heteroatoms. The van der Waals surface area contributed by atoms with Crippen LogP contribution < -0.4 is 14.8 Å². The third-order valence-corrected chi connectivity index (χ3v) is 6.13. The molecule has 0 saturated heterocycles. The lowest BCUT2D eigenvalue weighted by Crippen LogP contribution is -2.12. The quantitative estimate of drug-likeness (QED) is 0.804. The summed E-state index contributed by atoms with van der Waals surface area (Å²) in [5.41, 5.74) is 2.79. The number of hydrogen-bond acceptors (Lipinski definition) is 5. The van der Waals surface area contributed by atoms with Crippen molar-refractivity contribution < 1.29 is 14.3 Å². The third kappa shape index (κ3) is 4.25. The Balaban J connectivity index is 1.66. The molecule has 1 amide bonds. The van der Waals surface area contributed by atoms with E-state index in [-0.39, 0.29) is 5.91 Å². The van der Waals surface area contributed by atoms with Crippen molar-refractivity contribution in [1.82, 2.24) is 0 Å². The maximum Gasteiger partial charge on any atom is 0.225 e. The second kappa shape index (κ2) is 8.45. The van der Waals surface area contributed by atoms with Gasteiger partial charge in [-0.15, -0.1) is 11.3 Å². The van der Waals surface area contributed by atoms with Gasteiger partial charge in [-0.3, -0.25) is 4.79 Å². The maximum atomic E-state index is 12.4. The van der Waals surface area contributed by atoms with Crippen LogP contribution in [0.1, 0.15) is 41.3 Å². The van der Waals surface area contributed by atoms with Crippen molar-refractivity contribution >= 4 is 22.2 Å². The fourth-order valence-corrected chi connectivity index (χ4v) is 4.82. The van der Waals surface area contributed by atoms with E-state index in [1.807, 2.05) is 18.2 Å². The molecule has 3 rings (SSSR count). The summed E-state index contributed by atoms with van der Waals surface area (Å²) in [6.07, 6.45) is 3.97. The van der Waals surface area contributed by atoms with Crippen LogP contribution in [0.3, 0.4) is 0 Å². The van der Waals surface area contributed by atoms with Gasteiger partial charge in [-0.2, -0.15) is 5.26 Å². The Bertz CT molecular complexity index is 882. The van der Waals surface area contributed by atoms with Gasteiger partial charge in [-0.25, -0.2) is 0 Å². The van der Waals surface area contributed by atoms with Gasteiger partial charge in [0.25, 0.3) is 0 Å². The molecule has 1 heterocycles. The van der Waals surface area contributed by atoms with E-state index in [0.717, 1.165) is 30.4 Å². The number of nitrogens with one attached hydrogen (secondary N) is 1. The summed E-state index contributed by atoms with van der Waals surface area (Å²) in [6, 6.07) is 7.95. The van der Waals surface area contributed by atoms with Crippen molar-refractivity contribution in [2.75, 3.05) is 19.5 Å². The Morgan fingerprint density at radius 3 is 2.81 bits per heavy atom. The van der Waals surface area contributed by atoms with Gasteiger partial charge in [-0.1, -0.05) is 13.0 Å². The summed E-state index contributed by atoms with van der Waals surface area (Å²) in [5.74, 6) is 1.88. The average Bonchev–Trinajstić information content (AvgIpc) is 3.01. The monoisotopic (exact) mass is 384 g/mol. The van der Waals surface area contributed by atoms with Crippen LogP contribution >= 0.6 is 11.3 Å². The molecule has 5 nitrogen and oxygen atoms in total. The number of anilines is 1. The van der Waals surface area contributed by atoms with Gasteiger partial charge in [0, 0.05) is 11.3 Å². The molecule has 142 valence electrons. The number of nitriles is 1. The van der Waals surface area contributed by atoms with Gasteiger partial charge in [0.2, 0.25) is 5.91 Å². The number of carbonyl (C=O) groups excluding carboxylic acids is 1. The minimum Gasteiger partial charge on any atom is -0.493 e. The number of benzene rings is 1. The van der Waals surface area contributed by atoms with Crippen LogP contribution in [0.15, 0.2) is 18.2 Å². The molecular formula is C21H24N2O3S. The first-order valence-electron chi connectivity index (χ1n) is 9.11. The minimum atomic E-state index is -0.0760. The molecular weight excluding hydrogens is 360 g/mol. The zero-order chi connectivity index (χ0) is 19.4. The molecule has 0 aliphatic heterocycles. The van der Waals surface area contributed by atoms with E-state index < -0.39 is 0 Å². The Kier molecular flexibility index (Phi) is 6.02. The molecule has 0 saturated carbocycles. The summed E-state index contributed by atoms with van der Waals surface area (Å²) in [4.78, 5) is 13.7. The van der Waals surface area contributed by atoms with Crippen LogP contribution in [0.25, 0.3) is 0 Å². The number of methoxy groups -OCH3 is 2. The minimum absolute atomic E-state index is 0.0760. The highest BCUT2D eigenvalue weighted by Gasteiger charge is 2.24. The second-order valence-corrected chi connectivity index (χ2v) is 8.01. The third-order valence-electron chi connectivity index (χ3n) is 4.97. The van der Waals surface area contributed by atoms with E-state index in [1.54, 1.807) is 25.6 Å². The molecule has 1 atom stereocenters.